The van der Waals surface area contributed by atoms with E-state index in [-0.39, 0.29) is 38.1 Å². The van der Waals surface area contributed by atoms with Gasteiger partial charge in [0.25, 0.3) is 0 Å². The molecular formula is C26H30F3N5O2. The summed E-state index contributed by atoms with van der Waals surface area (Å²) in [4.78, 5) is 29.2. The fraction of sp³-hybridized carbons (Fsp3) is 0.423. The van der Waals surface area contributed by atoms with E-state index in [4.69, 9.17) is 0 Å². The number of nitrogens with zero attached hydrogens (tertiary/aromatic N) is 3. The zero-order valence-electron chi connectivity index (χ0n) is 20.4. The Morgan fingerprint density at radius 1 is 1.08 bits per heavy atom. The van der Waals surface area contributed by atoms with Crippen LogP contribution in [-0.2, 0) is 22.4 Å². The third-order valence-electron chi connectivity index (χ3n) is 6.26. The van der Waals surface area contributed by atoms with Crippen molar-refractivity contribution in [1.29, 1.82) is 5.26 Å². The first kappa shape index (κ1) is 27.0. The second-order valence-corrected chi connectivity index (χ2v) is 8.95. The van der Waals surface area contributed by atoms with Crippen molar-refractivity contribution in [2.45, 2.75) is 32.0 Å². The lowest BCUT2D eigenvalue weighted by Gasteiger charge is -2.30. The Labute approximate surface area is 208 Å². The average Bonchev–Trinajstić information content (AvgIpc) is 3.27. The van der Waals surface area contributed by atoms with Crippen LogP contribution in [0.5, 0.6) is 0 Å². The number of carbonyl (C=O) groups is 2. The molecular weight excluding hydrogens is 471 g/mol. The average molecular weight is 502 g/mol. The maximum atomic E-state index is 13.3. The van der Waals surface area contributed by atoms with Crippen molar-refractivity contribution in [2.75, 3.05) is 44.7 Å². The number of fused-ring (bicyclic) bond motifs is 1. The Morgan fingerprint density at radius 3 is 2.36 bits per heavy atom. The number of alkyl halides is 3. The molecule has 3 rings (SSSR count). The van der Waals surface area contributed by atoms with Crippen LogP contribution in [0, 0.1) is 18.3 Å². The number of aryl methyl sites for hydroxylation is 1. The first-order valence-corrected chi connectivity index (χ1v) is 11.7. The van der Waals surface area contributed by atoms with E-state index in [0.29, 0.717) is 11.3 Å². The Bertz CT molecular complexity index is 1100. The van der Waals surface area contributed by atoms with Crippen LogP contribution in [-0.4, -0.2) is 68.7 Å². The molecule has 0 radical (unpaired) electrons. The molecule has 0 unspecified atom stereocenters. The highest BCUT2D eigenvalue weighted by Gasteiger charge is 2.29. The molecule has 1 aliphatic rings. The molecule has 2 aromatic carbocycles. The second kappa shape index (κ2) is 11.9. The number of nitriles is 1. The van der Waals surface area contributed by atoms with Crippen LogP contribution in [0.15, 0.2) is 42.5 Å². The van der Waals surface area contributed by atoms with Crippen molar-refractivity contribution < 1.29 is 22.8 Å². The number of rotatable bonds is 10. The van der Waals surface area contributed by atoms with Crippen molar-refractivity contribution in [3.05, 3.63) is 64.7 Å². The van der Waals surface area contributed by atoms with Gasteiger partial charge in [-0.1, -0.05) is 30.3 Å². The predicted molar refractivity (Wildman–Crippen MR) is 130 cm³/mol. The van der Waals surface area contributed by atoms with E-state index in [2.05, 4.69) is 28.8 Å². The highest BCUT2D eigenvalue weighted by molar-refractivity contribution is 5.87. The van der Waals surface area contributed by atoms with E-state index >= 15 is 0 Å². The van der Waals surface area contributed by atoms with Crippen LogP contribution >= 0.6 is 0 Å². The maximum absolute atomic E-state index is 13.3. The van der Waals surface area contributed by atoms with Crippen molar-refractivity contribution in [2.24, 2.45) is 0 Å². The van der Waals surface area contributed by atoms with Crippen molar-refractivity contribution in [3.8, 4) is 6.07 Å². The van der Waals surface area contributed by atoms with E-state index < -0.39 is 18.6 Å². The standard InChI is InChI=1S/C26H30F3N5O2/c1-18-7-8-19(14-30)11-23(18)34(15-24(35)32-10-9-31-17-26(27,28)29)16-25(36)33(2)22-12-20-5-3-4-6-21(20)13-22/h3-8,11,22,31H,9-10,12-13,15-17H2,1-2H3,(H,32,35). The predicted octanol–water partition coefficient (Wildman–Crippen LogP) is 2.57. The molecule has 2 N–H and O–H groups in total. The van der Waals surface area contributed by atoms with Gasteiger partial charge in [-0.15, -0.1) is 0 Å². The summed E-state index contributed by atoms with van der Waals surface area (Å²) >= 11 is 0. The lowest BCUT2D eigenvalue weighted by Crippen LogP contribution is -2.47. The molecule has 0 saturated carbocycles. The monoisotopic (exact) mass is 501 g/mol. The van der Waals surface area contributed by atoms with Gasteiger partial charge in [0.15, 0.2) is 0 Å². The van der Waals surface area contributed by atoms with Gasteiger partial charge < -0.3 is 20.4 Å². The Kier molecular flexibility index (Phi) is 8.93. The molecule has 0 saturated heterocycles. The number of nitrogens with one attached hydrogen (secondary N) is 2. The highest BCUT2D eigenvalue weighted by Crippen LogP contribution is 2.26. The number of halogens is 3. The van der Waals surface area contributed by atoms with Crippen molar-refractivity contribution >= 4 is 17.5 Å². The van der Waals surface area contributed by atoms with Crippen LogP contribution in [0.3, 0.4) is 0 Å². The molecule has 0 fully saturated rings. The van der Waals surface area contributed by atoms with E-state index in [0.717, 1.165) is 18.4 Å². The Morgan fingerprint density at radius 2 is 1.75 bits per heavy atom. The van der Waals surface area contributed by atoms with Gasteiger partial charge in [0.2, 0.25) is 11.8 Å². The van der Waals surface area contributed by atoms with Gasteiger partial charge in [-0.3, -0.25) is 9.59 Å². The maximum Gasteiger partial charge on any atom is 0.401 e. The zero-order valence-corrected chi connectivity index (χ0v) is 20.4. The number of benzene rings is 2. The van der Waals surface area contributed by atoms with Gasteiger partial charge in [-0.05, 0) is 48.6 Å². The summed E-state index contributed by atoms with van der Waals surface area (Å²) in [6.07, 6.45) is -2.81. The topological polar surface area (TPSA) is 88.5 Å². The number of likely N-dealkylation sites (N-methyl/N-ethyl adjacent to an activating group) is 1. The minimum Gasteiger partial charge on any atom is -0.353 e. The molecule has 7 nitrogen and oxygen atoms in total. The van der Waals surface area contributed by atoms with Crippen LogP contribution in [0.1, 0.15) is 22.3 Å². The third kappa shape index (κ3) is 7.46. The van der Waals surface area contributed by atoms with Crippen LogP contribution in [0.25, 0.3) is 0 Å². The highest BCUT2D eigenvalue weighted by atomic mass is 19.4. The summed E-state index contributed by atoms with van der Waals surface area (Å²) < 4.78 is 36.8. The first-order valence-electron chi connectivity index (χ1n) is 11.7. The number of hydrogen-bond donors (Lipinski definition) is 2. The van der Waals surface area contributed by atoms with Gasteiger partial charge in [0.05, 0.1) is 31.3 Å². The Balaban J connectivity index is 1.67. The number of anilines is 1. The lowest BCUT2D eigenvalue weighted by atomic mass is 10.1. The zero-order chi connectivity index (χ0) is 26.3. The quantitative estimate of drug-likeness (QED) is 0.489. The van der Waals surface area contributed by atoms with Gasteiger partial charge in [-0.2, -0.15) is 18.4 Å². The SMILES string of the molecule is Cc1ccc(C#N)cc1N(CC(=O)NCCNCC(F)(F)F)CC(=O)N(C)C1Cc2ccccc2C1. The minimum atomic E-state index is -4.32. The second-order valence-electron chi connectivity index (χ2n) is 8.95. The lowest BCUT2D eigenvalue weighted by molar-refractivity contribution is -0.130. The molecule has 0 aromatic heterocycles. The van der Waals surface area contributed by atoms with E-state index in [1.165, 1.54) is 11.1 Å². The van der Waals surface area contributed by atoms with E-state index in [1.54, 1.807) is 35.0 Å². The molecule has 0 heterocycles. The minimum absolute atomic E-state index is 0.00809. The van der Waals surface area contributed by atoms with Gasteiger partial charge in [0, 0.05) is 31.9 Å². The molecule has 0 bridgehead atoms. The van der Waals surface area contributed by atoms with E-state index in [9.17, 15) is 28.0 Å². The number of carbonyl (C=O) groups excluding carboxylic acids is 2. The summed E-state index contributed by atoms with van der Waals surface area (Å²) in [5, 5.41) is 14.1. The van der Waals surface area contributed by atoms with Crippen LogP contribution < -0.4 is 15.5 Å². The number of amides is 2. The first-order chi connectivity index (χ1) is 17.1. The number of hydrogen-bond acceptors (Lipinski definition) is 5. The Hall–Kier alpha value is -3.58. The van der Waals surface area contributed by atoms with Gasteiger partial charge >= 0.3 is 6.18 Å². The molecule has 10 heteroatoms. The van der Waals surface area contributed by atoms with Crippen LogP contribution in [0.2, 0.25) is 0 Å². The molecule has 0 aliphatic heterocycles. The van der Waals surface area contributed by atoms with Crippen molar-refractivity contribution in [1.82, 2.24) is 15.5 Å². The molecule has 2 aromatic rings. The third-order valence-corrected chi connectivity index (χ3v) is 6.26. The molecule has 0 spiro atoms. The summed E-state index contributed by atoms with van der Waals surface area (Å²) in [5.74, 6) is -0.608. The summed E-state index contributed by atoms with van der Waals surface area (Å²) in [6.45, 7) is 0.385. The normalized spacial score (nSPS) is 13.1. The molecule has 2 amide bonds. The summed E-state index contributed by atoms with van der Waals surface area (Å²) in [7, 11) is 1.75. The fourth-order valence-corrected chi connectivity index (χ4v) is 4.28. The fourth-order valence-electron chi connectivity index (χ4n) is 4.28. The van der Waals surface area contributed by atoms with Gasteiger partial charge in [0.1, 0.15) is 0 Å². The molecule has 0 atom stereocenters. The smallest absolute Gasteiger partial charge is 0.353 e. The van der Waals surface area contributed by atoms with E-state index in [1.807, 2.05) is 19.1 Å². The molecule has 36 heavy (non-hydrogen) atoms. The van der Waals surface area contributed by atoms with Crippen LogP contribution in [0.4, 0.5) is 18.9 Å². The largest absolute Gasteiger partial charge is 0.401 e. The van der Waals surface area contributed by atoms with Gasteiger partial charge in [-0.25, -0.2) is 0 Å². The van der Waals surface area contributed by atoms with Crippen molar-refractivity contribution in [3.63, 3.8) is 0 Å². The summed E-state index contributed by atoms with van der Waals surface area (Å²) in [5.41, 5.74) is 4.20. The molecule has 1 aliphatic carbocycles. The molecule has 192 valence electrons. The summed E-state index contributed by atoms with van der Waals surface area (Å²) in [6, 6.07) is 15.2.